The Balaban J connectivity index is 1.72. The minimum absolute atomic E-state index is 0.115. The van der Waals surface area contributed by atoms with E-state index in [0.29, 0.717) is 11.3 Å². The molecule has 0 atom stereocenters. The van der Waals surface area contributed by atoms with Crippen molar-refractivity contribution in [1.82, 2.24) is 0 Å². The van der Waals surface area contributed by atoms with E-state index in [1.54, 1.807) is 12.1 Å². The molecule has 0 unspecified atom stereocenters. The maximum atomic E-state index is 12.6. The van der Waals surface area contributed by atoms with Gasteiger partial charge in [-0.25, -0.2) is 0 Å². The van der Waals surface area contributed by atoms with Crippen LogP contribution < -0.4 is 10.1 Å². The summed E-state index contributed by atoms with van der Waals surface area (Å²) in [6.45, 7) is 6.13. The molecule has 0 bridgehead atoms. The lowest BCUT2D eigenvalue weighted by Gasteiger charge is -2.13. The molecule has 0 heterocycles. The van der Waals surface area contributed by atoms with Gasteiger partial charge in [-0.3, -0.25) is 4.79 Å². The highest BCUT2D eigenvalue weighted by Crippen LogP contribution is 2.24. The molecule has 3 rings (SSSR count). The first-order valence-electron chi connectivity index (χ1n) is 8.81. The summed E-state index contributed by atoms with van der Waals surface area (Å²) < 4.78 is 5.81. The third kappa shape index (κ3) is 4.12. The maximum absolute atomic E-state index is 12.6. The van der Waals surface area contributed by atoms with E-state index < -0.39 is 0 Å². The van der Waals surface area contributed by atoms with Crippen LogP contribution >= 0.6 is 0 Å². The Morgan fingerprint density at radius 3 is 2.12 bits per heavy atom. The Morgan fingerprint density at radius 2 is 1.50 bits per heavy atom. The smallest absolute Gasteiger partial charge is 0.255 e. The monoisotopic (exact) mass is 345 g/mol. The molecular formula is C23H23NO2. The quantitative estimate of drug-likeness (QED) is 0.624. The van der Waals surface area contributed by atoms with Gasteiger partial charge in [-0.05, 0) is 67.8 Å². The third-order valence-electron chi connectivity index (χ3n) is 4.35. The van der Waals surface area contributed by atoms with E-state index in [0.717, 1.165) is 29.0 Å². The number of hydrogen-bond acceptors (Lipinski definition) is 2. The van der Waals surface area contributed by atoms with E-state index in [1.807, 2.05) is 68.4 Å². The molecule has 0 radical (unpaired) electrons. The molecule has 3 aromatic rings. The van der Waals surface area contributed by atoms with Gasteiger partial charge >= 0.3 is 0 Å². The van der Waals surface area contributed by atoms with Crippen molar-refractivity contribution in [2.24, 2.45) is 0 Å². The summed E-state index contributed by atoms with van der Waals surface area (Å²) in [5.74, 6) is 1.37. The molecule has 1 amide bonds. The molecule has 0 aliphatic rings. The second-order valence-electron chi connectivity index (χ2n) is 6.36. The van der Waals surface area contributed by atoms with Crippen LogP contribution in [0.5, 0.6) is 11.5 Å². The molecule has 0 aliphatic heterocycles. The molecule has 0 saturated carbocycles. The fourth-order valence-corrected chi connectivity index (χ4v) is 2.80. The second kappa shape index (κ2) is 7.87. The van der Waals surface area contributed by atoms with E-state index in [4.69, 9.17) is 4.74 Å². The zero-order valence-corrected chi connectivity index (χ0v) is 15.4. The summed E-state index contributed by atoms with van der Waals surface area (Å²) in [4.78, 5) is 12.6. The average molecular weight is 345 g/mol. The summed E-state index contributed by atoms with van der Waals surface area (Å²) in [6, 6.07) is 21.1. The van der Waals surface area contributed by atoms with Crippen molar-refractivity contribution >= 4 is 11.6 Å². The standard InChI is InChI=1S/C23H23NO2/c1-4-18-7-5-6-17(3)22(18)24-23(25)19-10-14-21(15-11-19)26-20-12-8-16(2)9-13-20/h5-15H,4H2,1-3H3,(H,24,25). The van der Waals surface area contributed by atoms with Crippen LogP contribution in [-0.2, 0) is 6.42 Å². The fraction of sp³-hybridized carbons (Fsp3) is 0.174. The predicted molar refractivity (Wildman–Crippen MR) is 106 cm³/mol. The van der Waals surface area contributed by atoms with Gasteiger partial charge in [-0.15, -0.1) is 0 Å². The molecule has 26 heavy (non-hydrogen) atoms. The maximum Gasteiger partial charge on any atom is 0.255 e. The van der Waals surface area contributed by atoms with Crippen LogP contribution in [0.2, 0.25) is 0 Å². The average Bonchev–Trinajstić information content (AvgIpc) is 2.65. The summed E-state index contributed by atoms with van der Waals surface area (Å²) in [6.07, 6.45) is 0.876. The molecule has 1 N–H and O–H groups in total. The van der Waals surface area contributed by atoms with Crippen molar-refractivity contribution in [1.29, 1.82) is 0 Å². The van der Waals surface area contributed by atoms with Crippen molar-refractivity contribution in [3.63, 3.8) is 0 Å². The lowest BCUT2D eigenvalue weighted by Crippen LogP contribution is -2.14. The molecule has 3 nitrogen and oxygen atoms in total. The number of carbonyl (C=O) groups is 1. The molecule has 3 aromatic carbocycles. The number of para-hydroxylation sites is 1. The largest absolute Gasteiger partial charge is 0.457 e. The van der Waals surface area contributed by atoms with Gasteiger partial charge in [0.15, 0.2) is 0 Å². The second-order valence-corrected chi connectivity index (χ2v) is 6.36. The summed E-state index contributed by atoms with van der Waals surface area (Å²) >= 11 is 0. The van der Waals surface area contributed by atoms with E-state index in [9.17, 15) is 4.79 Å². The number of anilines is 1. The predicted octanol–water partition coefficient (Wildman–Crippen LogP) is 5.91. The van der Waals surface area contributed by atoms with Gasteiger partial charge in [-0.1, -0.05) is 42.8 Å². The number of ether oxygens (including phenoxy) is 1. The zero-order valence-electron chi connectivity index (χ0n) is 15.4. The van der Waals surface area contributed by atoms with Crippen molar-refractivity contribution in [2.45, 2.75) is 27.2 Å². The van der Waals surface area contributed by atoms with Crippen molar-refractivity contribution < 1.29 is 9.53 Å². The highest BCUT2D eigenvalue weighted by molar-refractivity contribution is 6.05. The molecular weight excluding hydrogens is 322 g/mol. The van der Waals surface area contributed by atoms with Gasteiger partial charge in [0.1, 0.15) is 11.5 Å². The lowest BCUT2D eigenvalue weighted by molar-refractivity contribution is 0.102. The van der Waals surface area contributed by atoms with Crippen LogP contribution in [0.4, 0.5) is 5.69 Å². The van der Waals surface area contributed by atoms with Gasteiger partial charge < -0.3 is 10.1 Å². The molecule has 132 valence electrons. The van der Waals surface area contributed by atoms with E-state index in [2.05, 4.69) is 12.2 Å². The Bertz CT molecular complexity index is 896. The molecule has 0 spiro atoms. The number of amides is 1. The summed E-state index contributed by atoms with van der Waals surface area (Å²) in [5.41, 5.74) is 4.90. The Labute approximate surface area is 154 Å². The van der Waals surface area contributed by atoms with Gasteiger partial charge in [0, 0.05) is 11.3 Å². The summed E-state index contributed by atoms with van der Waals surface area (Å²) in [5, 5.41) is 3.04. The van der Waals surface area contributed by atoms with Crippen LogP contribution in [0.15, 0.2) is 66.7 Å². The fourth-order valence-electron chi connectivity index (χ4n) is 2.80. The van der Waals surface area contributed by atoms with Gasteiger partial charge in [-0.2, -0.15) is 0 Å². The number of hydrogen-bond donors (Lipinski definition) is 1. The van der Waals surface area contributed by atoms with E-state index >= 15 is 0 Å². The van der Waals surface area contributed by atoms with Gasteiger partial charge in [0.05, 0.1) is 0 Å². The number of benzene rings is 3. The first-order valence-corrected chi connectivity index (χ1v) is 8.81. The lowest BCUT2D eigenvalue weighted by atomic mass is 10.1. The number of carbonyl (C=O) groups excluding carboxylic acids is 1. The number of nitrogens with one attached hydrogen (secondary N) is 1. The van der Waals surface area contributed by atoms with Gasteiger partial charge in [0.25, 0.3) is 5.91 Å². The van der Waals surface area contributed by atoms with Crippen molar-refractivity contribution in [3.05, 3.63) is 89.0 Å². The number of rotatable bonds is 5. The molecule has 0 aromatic heterocycles. The number of aryl methyl sites for hydroxylation is 3. The Kier molecular flexibility index (Phi) is 5.37. The SMILES string of the molecule is CCc1cccc(C)c1NC(=O)c1ccc(Oc2ccc(C)cc2)cc1. The first-order chi connectivity index (χ1) is 12.6. The van der Waals surface area contributed by atoms with Crippen LogP contribution in [0.25, 0.3) is 0 Å². The molecule has 0 fully saturated rings. The first kappa shape index (κ1) is 17.7. The Morgan fingerprint density at radius 1 is 0.885 bits per heavy atom. The van der Waals surface area contributed by atoms with Crippen LogP contribution in [-0.4, -0.2) is 5.91 Å². The van der Waals surface area contributed by atoms with Crippen LogP contribution in [0.3, 0.4) is 0 Å². The highest BCUT2D eigenvalue weighted by atomic mass is 16.5. The van der Waals surface area contributed by atoms with Crippen LogP contribution in [0, 0.1) is 13.8 Å². The molecule has 3 heteroatoms. The topological polar surface area (TPSA) is 38.3 Å². The van der Waals surface area contributed by atoms with E-state index in [-0.39, 0.29) is 5.91 Å². The molecule has 0 saturated heterocycles. The van der Waals surface area contributed by atoms with Crippen LogP contribution in [0.1, 0.15) is 34.0 Å². The zero-order chi connectivity index (χ0) is 18.5. The molecule has 0 aliphatic carbocycles. The van der Waals surface area contributed by atoms with Crippen molar-refractivity contribution in [3.8, 4) is 11.5 Å². The minimum Gasteiger partial charge on any atom is -0.457 e. The van der Waals surface area contributed by atoms with Crippen molar-refractivity contribution in [2.75, 3.05) is 5.32 Å². The third-order valence-corrected chi connectivity index (χ3v) is 4.35. The van der Waals surface area contributed by atoms with Gasteiger partial charge in [0.2, 0.25) is 0 Å². The normalized spacial score (nSPS) is 10.4. The van der Waals surface area contributed by atoms with E-state index in [1.165, 1.54) is 5.56 Å². The summed E-state index contributed by atoms with van der Waals surface area (Å²) in [7, 11) is 0. The Hall–Kier alpha value is -3.07. The minimum atomic E-state index is -0.115. The highest BCUT2D eigenvalue weighted by Gasteiger charge is 2.11.